The van der Waals surface area contributed by atoms with Crippen LogP contribution in [0.2, 0.25) is 0 Å². The van der Waals surface area contributed by atoms with E-state index in [0.717, 1.165) is 19.3 Å². The van der Waals surface area contributed by atoms with E-state index in [9.17, 15) is 4.79 Å². The van der Waals surface area contributed by atoms with Crippen molar-refractivity contribution in [2.24, 2.45) is 0 Å². The molecule has 2 heteroatoms. The van der Waals surface area contributed by atoms with E-state index in [2.05, 4.69) is 6.92 Å². The van der Waals surface area contributed by atoms with E-state index in [4.69, 9.17) is 5.11 Å². The van der Waals surface area contributed by atoms with Gasteiger partial charge in [0, 0.05) is 6.42 Å². The van der Waals surface area contributed by atoms with Gasteiger partial charge in [-0.05, 0) is 6.42 Å². The molecule has 0 rings (SSSR count). The molecule has 0 aliphatic rings. The van der Waals surface area contributed by atoms with Gasteiger partial charge in [-0.15, -0.1) is 0 Å². The van der Waals surface area contributed by atoms with E-state index in [1.807, 2.05) is 0 Å². The van der Waals surface area contributed by atoms with Crippen LogP contribution < -0.4 is 0 Å². The van der Waals surface area contributed by atoms with Crippen molar-refractivity contribution in [3.05, 3.63) is 6.92 Å². The van der Waals surface area contributed by atoms with Crippen molar-refractivity contribution in [2.45, 2.75) is 122 Å². The Morgan fingerprint density at radius 2 is 0.783 bits per heavy atom. The predicted octanol–water partition coefficient (Wildman–Crippen LogP) is 7.32. The van der Waals surface area contributed by atoms with Crippen molar-refractivity contribution in [2.75, 3.05) is 0 Å². The molecule has 0 aliphatic heterocycles. The summed E-state index contributed by atoms with van der Waals surface area (Å²) in [7, 11) is 0. The van der Waals surface area contributed by atoms with Crippen LogP contribution in [0.5, 0.6) is 0 Å². The van der Waals surface area contributed by atoms with Gasteiger partial charge in [0.25, 0.3) is 0 Å². The van der Waals surface area contributed by atoms with Crippen molar-refractivity contribution in [3.63, 3.8) is 0 Å². The molecule has 0 unspecified atom stereocenters. The van der Waals surface area contributed by atoms with Crippen LogP contribution in [0.25, 0.3) is 0 Å². The van der Waals surface area contributed by atoms with E-state index in [1.54, 1.807) is 0 Å². The number of carboxylic acid groups (broad SMARTS) is 1. The number of carbonyl (C=O) groups is 1. The minimum atomic E-state index is -0.654. The van der Waals surface area contributed by atoms with Crippen LogP contribution in [0.3, 0.4) is 0 Å². The van der Waals surface area contributed by atoms with Crippen molar-refractivity contribution in [1.29, 1.82) is 0 Å². The third-order valence-corrected chi connectivity index (χ3v) is 4.64. The summed E-state index contributed by atoms with van der Waals surface area (Å²) < 4.78 is 0. The standard InChI is InChI=1S/C21H41O2/c1-2-3-4-5-6-7-8-9-10-11-12-13-14-15-16-17-18-19-20-21(22)23/h1-20H2,(H,22,23). The highest BCUT2D eigenvalue weighted by Crippen LogP contribution is 2.14. The first-order valence-corrected chi connectivity index (χ1v) is 10.3. The Kier molecular flexibility index (Phi) is 19.1. The summed E-state index contributed by atoms with van der Waals surface area (Å²) in [5.74, 6) is -0.654. The summed E-state index contributed by atoms with van der Waals surface area (Å²) in [4.78, 5) is 10.4. The first-order valence-electron chi connectivity index (χ1n) is 10.3. The number of hydrogen-bond acceptors (Lipinski definition) is 1. The molecule has 0 fully saturated rings. The van der Waals surface area contributed by atoms with Crippen molar-refractivity contribution in [3.8, 4) is 0 Å². The quantitative estimate of drug-likeness (QED) is 0.253. The largest absolute Gasteiger partial charge is 0.481 e. The van der Waals surface area contributed by atoms with Gasteiger partial charge in [-0.3, -0.25) is 4.79 Å². The maximum atomic E-state index is 10.4. The lowest BCUT2D eigenvalue weighted by molar-refractivity contribution is -0.137. The topological polar surface area (TPSA) is 37.3 Å². The molecule has 0 heterocycles. The summed E-state index contributed by atoms with van der Waals surface area (Å²) in [5, 5.41) is 8.55. The van der Waals surface area contributed by atoms with Gasteiger partial charge in [0.15, 0.2) is 0 Å². The summed E-state index contributed by atoms with van der Waals surface area (Å²) >= 11 is 0. The number of carboxylic acids is 1. The highest BCUT2D eigenvalue weighted by molar-refractivity contribution is 5.66. The van der Waals surface area contributed by atoms with Crippen LogP contribution >= 0.6 is 0 Å². The minimum absolute atomic E-state index is 0.343. The Bertz CT molecular complexity index is 238. The van der Waals surface area contributed by atoms with Crippen LogP contribution in [-0.4, -0.2) is 11.1 Å². The predicted molar refractivity (Wildman–Crippen MR) is 101 cm³/mol. The van der Waals surface area contributed by atoms with E-state index >= 15 is 0 Å². The smallest absolute Gasteiger partial charge is 0.303 e. The van der Waals surface area contributed by atoms with E-state index in [-0.39, 0.29) is 0 Å². The molecule has 1 radical (unpaired) electrons. The molecule has 0 atom stereocenters. The monoisotopic (exact) mass is 325 g/mol. The molecular weight excluding hydrogens is 284 g/mol. The van der Waals surface area contributed by atoms with E-state index in [0.29, 0.717) is 6.42 Å². The lowest BCUT2D eigenvalue weighted by Gasteiger charge is -2.03. The molecule has 0 aromatic heterocycles. The zero-order chi connectivity index (χ0) is 17.0. The van der Waals surface area contributed by atoms with Crippen molar-refractivity contribution >= 4 is 5.97 Å². The molecule has 0 spiro atoms. The lowest BCUT2D eigenvalue weighted by Crippen LogP contribution is -1.93. The SMILES string of the molecule is [CH2]CCCCCCCCCCCCCCCCCCCC(=O)O. The fourth-order valence-corrected chi connectivity index (χ4v) is 3.10. The maximum absolute atomic E-state index is 10.4. The lowest BCUT2D eigenvalue weighted by atomic mass is 10.0. The zero-order valence-corrected chi connectivity index (χ0v) is 15.5. The van der Waals surface area contributed by atoms with Crippen molar-refractivity contribution in [1.82, 2.24) is 0 Å². The molecule has 2 nitrogen and oxygen atoms in total. The fraction of sp³-hybridized carbons (Fsp3) is 0.905. The van der Waals surface area contributed by atoms with Gasteiger partial charge in [0.05, 0.1) is 0 Å². The van der Waals surface area contributed by atoms with E-state index < -0.39 is 5.97 Å². The number of aliphatic carboxylic acids is 1. The Balaban J connectivity index is 2.96. The number of unbranched alkanes of at least 4 members (excludes halogenated alkanes) is 17. The Morgan fingerprint density at radius 1 is 0.522 bits per heavy atom. The third kappa shape index (κ3) is 21.5. The maximum Gasteiger partial charge on any atom is 0.303 e. The molecule has 0 saturated heterocycles. The van der Waals surface area contributed by atoms with Crippen molar-refractivity contribution < 1.29 is 9.90 Å². The average molecular weight is 326 g/mol. The normalized spacial score (nSPS) is 11.0. The highest BCUT2D eigenvalue weighted by atomic mass is 16.4. The summed E-state index contributed by atoms with van der Waals surface area (Å²) in [6.07, 6.45) is 24.0. The van der Waals surface area contributed by atoms with E-state index in [1.165, 1.54) is 96.3 Å². The van der Waals surface area contributed by atoms with Gasteiger partial charge in [-0.2, -0.15) is 0 Å². The summed E-state index contributed by atoms with van der Waals surface area (Å²) in [5.41, 5.74) is 0. The van der Waals surface area contributed by atoms with Crippen LogP contribution in [0.4, 0.5) is 0 Å². The number of hydrogen-bond donors (Lipinski definition) is 1. The minimum Gasteiger partial charge on any atom is -0.481 e. The zero-order valence-electron chi connectivity index (χ0n) is 15.5. The van der Waals surface area contributed by atoms with Crippen LogP contribution in [0.1, 0.15) is 122 Å². The number of rotatable bonds is 19. The van der Waals surface area contributed by atoms with Gasteiger partial charge in [0.1, 0.15) is 0 Å². The average Bonchev–Trinajstić information content (AvgIpc) is 2.53. The molecule has 1 N–H and O–H groups in total. The van der Waals surface area contributed by atoms with Crippen LogP contribution in [-0.2, 0) is 4.79 Å². The summed E-state index contributed by atoms with van der Waals surface area (Å²) in [6, 6.07) is 0. The highest BCUT2D eigenvalue weighted by Gasteiger charge is 1.97. The Hall–Kier alpha value is -0.530. The molecule has 0 bridgehead atoms. The van der Waals surface area contributed by atoms with Crippen LogP contribution in [0, 0.1) is 6.92 Å². The molecule has 0 aromatic rings. The third-order valence-electron chi connectivity index (χ3n) is 4.64. The van der Waals surface area contributed by atoms with Crippen LogP contribution in [0.15, 0.2) is 0 Å². The first-order chi connectivity index (χ1) is 11.3. The van der Waals surface area contributed by atoms with Gasteiger partial charge < -0.3 is 5.11 Å². The molecule has 137 valence electrons. The molecule has 0 saturated carbocycles. The summed E-state index contributed by atoms with van der Waals surface area (Å²) in [6.45, 7) is 3.88. The molecule has 23 heavy (non-hydrogen) atoms. The molecule has 0 aliphatic carbocycles. The second kappa shape index (κ2) is 19.5. The first kappa shape index (κ1) is 22.5. The molecular formula is C21H41O2. The molecule has 0 aromatic carbocycles. The second-order valence-electron chi connectivity index (χ2n) is 7.01. The molecule has 0 amide bonds. The van der Waals surface area contributed by atoms with Gasteiger partial charge in [0.2, 0.25) is 0 Å². The van der Waals surface area contributed by atoms with Gasteiger partial charge in [-0.25, -0.2) is 0 Å². The second-order valence-corrected chi connectivity index (χ2v) is 7.01. The van der Waals surface area contributed by atoms with Gasteiger partial charge in [-0.1, -0.05) is 116 Å². The fourth-order valence-electron chi connectivity index (χ4n) is 3.10. The Labute approximate surface area is 145 Å². The van der Waals surface area contributed by atoms with Gasteiger partial charge >= 0.3 is 5.97 Å². The Morgan fingerprint density at radius 3 is 1.04 bits per heavy atom.